The highest BCUT2D eigenvalue weighted by molar-refractivity contribution is 6.15. The van der Waals surface area contributed by atoms with E-state index in [1.165, 1.54) is 76.2 Å². The molecule has 3 heteroatoms. The molecule has 0 amide bonds. The highest BCUT2D eigenvalue weighted by Gasteiger charge is 2.24. The Balaban J connectivity index is 1.53. The van der Waals surface area contributed by atoms with Crippen LogP contribution in [0.1, 0.15) is 32.1 Å². The molecule has 1 fully saturated rings. The maximum absolute atomic E-state index is 11.4. The van der Waals surface area contributed by atoms with Gasteiger partial charge >= 0.3 is 0 Å². The van der Waals surface area contributed by atoms with Crippen LogP contribution >= 0.6 is 0 Å². The molecule has 1 saturated carbocycles. The Morgan fingerprint density at radius 2 is 1.39 bits per heavy atom. The maximum atomic E-state index is 11.4. The van der Waals surface area contributed by atoms with E-state index in [4.69, 9.17) is 0 Å². The van der Waals surface area contributed by atoms with Gasteiger partial charge in [0.05, 0.1) is 23.8 Å². The number of aromatic nitrogens is 1. The predicted octanol–water partition coefficient (Wildman–Crippen LogP) is 6.39. The Morgan fingerprint density at radius 3 is 2.14 bits per heavy atom. The molecule has 0 saturated heterocycles. The van der Waals surface area contributed by atoms with Crippen molar-refractivity contribution >= 4 is 21.7 Å². The summed E-state index contributed by atoms with van der Waals surface area (Å²) in [5.41, 5.74) is 6.03. The van der Waals surface area contributed by atoms with Crippen LogP contribution < -0.4 is 5.32 Å². The van der Waals surface area contributed by atoms with Gasteiger partial charge in [-0.05, 0) is 42.2 Å². The molecule has 3 N–H and O–H groups in total. The van der Waals surface area contributed by atoms with E-state index in [9.17, 15) is 5.11 Å². The fourth-order valence-corrected chi connectivity index (χ4v) is 6.10. The van der Waals surface area contributed by atoms with E-state index in [0.717, 1.165) is 6.54 Å². The van der Waals surface area contributed by atoms with Crippen molar-refractivity contribution in [2.45, 2.75) is 50.8 Å². The fourth-order valence-electron chi connectivity index (χ4n) is 6.10. The van der Waals surface area contributed by atoms with Crippen molar-refractivity contribution in [1.82, 2.24) is 4.57 Å². The molecule has 1 aromatic heterocycles. The smallest absolute Gasteiger partial charge is 0.121 e. The first-order valence-electron chi connectivity index (χ1n) is 13.5. The summed E-state index contributed by atoms with van der Waals surface area (Å²) >= 11 is 0. The Hall–Kier alpha value is -3.40. The zero-order valence-electron chi connectivity index (χ0n) is 20.8. The molecule has 0 bridgehead atoms. The molecule has 0 unspecified atom stereocenters. The standard InChI is InChI=1S/C33H34N2O/c36-28(22-34-27-17-8-3-9-18-27)23-35-32(26-15-6-2-7-16-26)31(25-13-4-1-5-14-25)30-21-20-24-12-10-11-19-29(24)33(30)35/h1-2,4-7,10-16,19-21,27-28,34,36H,3,8-9,17-18,22-23H2/p+1/t28-/m0/s1. The van der Waals surface area contributed by atoms with Crippen LogP contribution in [0.25, 0.3) is 44.1 Å². The first kappa shape index (κ1) is 23.0. The molecule has 5 aromatic rings. The molecule has 1 atom stereocenters. The number of aliphatic hydroxyl groups is 1. The first-order valence-corrected chi connectivity index (χ1v) is 13.5. The zero-order chi connectivity index (χ0) is 24.3. The lowest BCUT2D eigenvalue weighted by molar-refractivity contribution is -0.697. The number of hydrogen-bond acceptors (Lipinski definition) is 1. The van der Waals surface area contributed by atoms with E-state index in [0.29, 0.717) is 12.6 Å². The van der Waals surface area contributed by atoms with Crippen molar-refractivity contribution in [3.05, 3.63) is 97.1 Å². The lowest BCUT2D eigenvalue weighted by Gasteiger charge is -2.22. The van der Waals surface area contributed by atoms with Crippen molar-refractivity contribution in [2.24, 2.45) is 0 Å². The lowest BCUT2D eigenvalue weighted by Crippen LogP contribution is -2.92. The molecule has 36 heavy (non-hydrogen) atoms. The molecule has 3 nitrogen and oxygen atoms in total. The number of nitrogens with zero attached hydrogens (tertiary/aromatic N) is 1. The second-order valence-electron chi connectivity index (χ2n) is 10.3. The highest BCUT2D eigenvalue weighted by Crippen LogP contribution is 2.43. The molecule has 1 heterocycles. The Kier molecular flexibility index (Phi) is 6.59. The largest absolute Gasteiger partial charge is 0.385 e. The van der Waals surface area contributed by atoms with Crippen molar-refractivity contribution in [3.8, 4) is 22.4 Å². The van der Waals surface area contributed by atoms with Crippen LogP contribution in [0.2, 0.25) is 0 Å². The highest BCUT2D eigenvalue weighted by atomic mass is 16.3. The fraction of sp³-hybridized carbons (Fsp3) is 0.273. The van der Waals surface area contributed by atoms with Crippen LogP contribution in [-0.2, 0) is 6.54 Å². The van der Waals surface area contributed by atoms with Crippen LogP contribution in [0.5, 0.6) is 0 Å². The molecule has 6 rings (SSSR count). The van der Waals surface area contributed by atoms with Gasteiger partial charge < -0.3 is 15.0 Å². The average molecular weight is 476 g/mol. The number of rotatable bonds is 7. The SMILES string of the molecule is O[C@@H](C[NH2+]C1CCCCC1)Cn1c(-c2ccccc2)c(-c2ccccc2)c2ccc3ccccc3c21. The van der Waals surface area contributed by atoms with Gasteiger partial charge in [-0.25, -0.2) is 0 Å². The quantitative estimate of drug-likeness (QED) is 0.282. The second kappa shape index (κ2) is 10.3. The summed E-state index contributed by atoms with van der Waals surface area (Å²) in [5, 5.41) is 17.5. The number of aliphatic hydroxyl groups excluding tert-OH is 1. The monoisotopic (exact) mass is 475 g/mol. The number of quaternary nitrogens is 1. The third kappa shape index (κ3) is 4.45. The van der Waals surface area contributed by atoms with E-state index in [2.05, 4.69) is 107 Å². The van der Waals surface area contributed by atoms with Gasteiger partial charge in [0, 0.05) is 16.3 Å². The van der Waals surface area contributed by atoms with E-state index < -0.39 is 6.10 Å². The lowest BCUT2D eigenvalue weighted by atomic mass is 9.95. The molecule has 182 valence electrons. The van der Waals surface area contributed by atoms with E-state index in [-0.39, 0.29) is 0 Å². The van der Waals surface area contributed by atoms with Crippen LogP contribution in [0.3, 0.4) is 0 Å². The predicted molar refractivity (Wildman–Crippen MR) is 150 cm³/mol. The van der Waals surface area contributed by atoms with Crippen molar-refractivity contribution in [2.75, 3.05) is 6.54 Å². The third-order valence-corrected chi connectivity index (χ3v) is 7.84. The minimum Gasteiger partial charge on any atom is -0.385 e. The Morgan fingerprint density at radius 1 is 0.722 bits per heavy atom. The topological polar surface area (TPSA) is 41.8 Å². The summed E-state index contributed by atoms with van der Waals surface area (Å²) in [6.45, 7) is 1.31. The summed E-state index contributed by atoms with van der Waals surface area (Å²) in [7, 11) is 0. The number of fused-ring (bicyclic) bond motifs is 3. The van der Waals surface area contributed by atoms with E-state index >= 15 is 0 Å². The summed E-state index contributed by atoms with van der Waals surface area (Å²) in [4.78, 5) is 0. The molecule has 1 aliphatic carbocycles. The zero-order valence-corrected chi connectivity index (χ0v) is 20.8. The van der Waals surface area contributed by atoms with Gasteiger partial charge in [0.15, 0.2) is 0 Å². The average Bonchev–Trinajstić information content (AvgIpc) is 3.27. The van der Waals surface area contributed by atoms with Gasteiger partial charge in [-0.3, -0.25) is 0 Å². The van der Waals surface area contributed by atoms with Crippen molar-refractivity contribution in [3.63, 3.8) is 0 Å². The molecule has 0 spiro atoms. The second-order valence-corrected chi connectivity index (χ2v) is 10.3. The molecular formula is C33H35N2O+. The van der Waals surface area contributed by atoms with Gasteiger partial charge in [-0.15, -0.1) is 0 Å². The third-order valence-electron chi connectivity index (χ3n) is 7.84. The number of hydrogen-bond donors (Lipinski definition) is 2. The minimum absolute atomic E-state index is 0.424. The van der Waals surface area contributed by atoms with E-state index in [1.54, 1.807) is 0 Å². The van der Waals surface area contributed by atoms with Gasteiger partial charge in [-0.1, -0.05) is 103 Å². The minimum atomic E-state index is -0.424. The summed E-state index contributed by atoms with van der Waals surface area (Å²) in [6, 6.07) is 35.2. The van der Waals surface area contributed by atoms with E-state index in [1.807, 2.05) is 0 Å². The van der Waals surface area contributed by atoms with Crippen LogP contribution in [-0.4, -0.2) is 28.4 Å². The number of benzene rings is 4. The molecule has 1 aliphatic rings. The Bertz CT molecular complexity index is 1450. The molecule has 0 radical (unpaired) electrons. The normalized spacial score (nSPS) is 15.5. The van der Waals surface area contributed by atoms with Gasteiger partial charge in [0.1, 0.15) is 12.6 Å². The maximum Gasteiger partial charge on any atom is 0.121 e. The first-order chi connectivity index (χ1) is 17.8. The molecule has 4 aromatic carbocycles. The molecular weight excluding hydrogens is 440 g/mol. The van der Waals surface area contributed by atoms with Crippen LogP contribution in [0.4, 0.5) is 0 Å². The summed E-state index contributed by atoms with van der Waals surface area (Å²) in [5.74, 6) is 0. The summed E-state index contributed by atoms with van der Waals surface area (Å²) in [6.07, 6.45) is 6.13. The van der Waals surface area contributed by atoms with Crippen molar-refractivity contribution < 1.29 is 10.4 Å². The van der Waals surface area contributed by atoms with Crippen LogP contribution in [0.15, 0.2) is 97.1 Å². The molecule has 0 aliphatic heterocycles. The van der Waals surface area contributed by atoms with Crippen LogP contribution in [0, 0.1) is 0 Å². The number of nitrogens with two attached hydrogens (primary N) is 1. The summed E-state index contributed by atoms with van der Waals surface area (Å²) < 4.78 is 2.40. The van der Waals surface area contributed by atoms with Gasteiger partial charge in [0.25, 0.3) is 0 Å². The Labute approximate surface area is 213 Å². The van der Waals surface area contributed by atoms with Crippen molar-refractivity contribution in [1.29, 1.82) is 0 Å². The van der Waals surface area contributed by atoms with Gasteiger partial charge in [-0.2, -0.15) is 0 Å². The van der Waals surface area contributed by atoms with Gasteiger partial charge in [0.2, 0.25) is 0 Å².